The first kappa shape index (κ1) is 13.8. The van der Waals surface area contributed by atoms with Gasteiger partial charge in [-0.1, -0.05) is 20.3 Å². The lowest BCUT2D eigenvalue weighted by atomic mass is 9.63. The quantitative estimate of drug-likeness (QED) is 0.770. The molecule has 1 saturated carbocycles. The molecule has 1 aliphatic carbocycles. The van der Waals surface area contributed by atoms with Gasteiger partial charge in [-0.15, -0.1) is 11.6 Å². The molecule has 1 N–H and O–H groups in total. The van der Waals surface area contributed by atoms with Gasteiger partial charge in [0.05, 0.1) is 18.1 Å². The number of nitriles is 1. The Labute approximate surface area is 104 Å². The number of rotatable bonds is 4. The molecule has 0 saturated heterocycles. The fourth-order valence-corrected chi connectivity index (χ4v) is 3.07. The maximum absolute atomic E-state index is 9.88. The summed E-state index contributed by atoms with van der Waals surface area (Å²) in [5, 5.41) is 19.1. The fraction of sp³-hybridized carbons (Fsp3) is 0.923. The summed E-state index contributed by atoms with van der Waals surface area (Å²) in [6.45, 7) is 4.40. The van der Waals surface area contributed by atoms with E-state index in [1.165, 1.54) is 0 Å². The second-order valence-corrected chi connectivity index (χ2v) is 5.92. The minimum atomic E-state index is -0.431. The Kier molecular flexibility index (Phi) is 5.08. The number of halogens is 1. The number of nitrogens with zero attached hydrogens (tertiary/aromatic N) is 1. The molecule has 3 atom stereocenters. The fourth-order valence-electron chi connectivity index (χ4n) is 2.93. The van der Waals surface area contributed by atoms with Crippen LogP contribution in [0, 0.1) is 28.6 Å². The highest BCUT2D eigenvalue weighted by atomic mass is 35.5. The van der Waals surface area contributed by atoms with Gasteiger partial charge in [-0.3, -0.25) is 0 Å². The molecule has 1 rings (SSSR count). The van der Waals surface area contributed by atoms with E-state index in [2.05, 4.69) is 19.9 Å². The van der Waals surface area contributed by atoms with Gasteiger partial charge in [-0.05, 0) is 37.0 Å². The molecule has 0 aliphatic heterocycles. The molecule has 16 heavy (non-hydrogen) atoms. The van der Waals surface area contributed by atoms with Crippen molar-refractivity contribution in [1.29, 1.82) is 5.26 Å². The molecule has 0 aromatic carbocycles. The van der Waals surface area contributed by atoms with Crippen molar-refractivity contribution in [2.24, 2.45) is 17.3 Å². The molecule has 0 heterocycles. The van der Waals surface area contributed by atoms with Gasteiger partial charge in [0.1, 0.15) is 0 Å². The molecule has 0 spiro atoms. The highest BCUT2D eigenvalue weighted by molar-refractivity contribution is 6.17. The predicted octanol–water partition coefficient (Wildman–Crippen LogP) is 3.33. The molecule has 1 aliphatic rings. The molecular weight excluding hydrogens is 222 g/mol. The van der Waals surface area contributed by atoms with Crippen LogP contribution in [0.2, 0.25) is 0 Å². The second kappa shape index (κ2) is 5.89. The van der Waals surface area contributed by atoms with Gasteiger partial charge in [0.25, 0.3) is 0 Å². The van der Waals surface area contributed by atoms with E-state index < -0.39 is 6.10 Å². The first-order chi connectivity index (χ1) is 7.53. The van der Waals surface area contributed by atoms with Crippen LogP contribution in [-0.4, -0.2) is 17.1 Å². The second-order valence-electron chi connectivity index (χ2n) is 5.54. The lowest BCUT2D eigenvalue weighted by Gasteiger charge is -2.42. The monoisotopic (exact) mass is 243 g/mol. The van der Waals surface area contributed by atoms with Crippen molar-refractivity contribution in [3.63, 3.8) is 0 Å². The van der Waals surface area contributed by atoms with E-state index in [9.17, 15) is 10.4 Å². The van der Waals surface area contributed by atoms with Crippen molar-refractivity contribution in [2.75, 3.05) is 5.88 Å². The highest BCUT2D eigenvalue weighted by Gasteiger charge is 2.40. The van der Waals surface area contributed by atoms with Crippen LogP contribution in [0.4, 0.5) is 0 Å². The Morgan fingerprint density at radius 1 is 1.44 bits per heavy atom. The SMILES string of the molecule is CC(C)(CCCCl)[C@@H]1CCC[C@@H](O)[C@@H]1C#N. The first-order valence-corrected chi connectivity index (χ1v) is 6.70. The molecule has 0 bridgehead atoms. The highest BCUT2D eigenvalue weighted by Crippen LogP contribution is 2.44. The number of alkyl halides is 1. The maximum Gasteiger partial charge on any atom is 0.0755 e. The van der Waals surface area contributed by atoms with E-state index in [1.54, 1.807) is 0 Å². The zero-order chi connectivity index (χ0) is 12.2. The lowest BCUT2D eigenvalue weighted by Crippen LogP contribution is -2.39. The third-order valence-electron chi connectivity index (χ3n) is 3.97. The summed E-state index contributed by atoms with van der Waals surface area (Å²) in [5.74, 6) is 0.791. The number of aliphatic hydroxyl groups is 1. The van der Waals surface area contributed by atoms with Gasteiger partial charge in [0, 0.05) is 5.88 Å². The molecule has 0 amide bonds. The summed E-state index contributed by atoms with van der Waals surface area (Å²) in [6, 6.07) is 2.30. The Bertz CT molecular complexity index is 259. The van der Waals surface area contributed by atoms with Crippen LogP contribution in [0.5, 0.6) is 0 Å². The molecule has 0 aromatic rings. The molecule has 2 nitrogen and oxygen atoms in total. The van der Waals surface area contributed by atoms with E-state index in [-0.39, 0.29) is 11.3 Å². The number of hydrogen-bond acceptors (Lipinski definition) is 2. The van der Waals surface area contributed by atoms with Crippen molar-refractivity contribution in [1.82, 2.24) is 0 Å². The predicted molar refractivity (Wildman–Crippen MR) is 66.2 cm³/mol. The Hall–Kier alpha value is -0.260. The van der Waals surface area contributed by atoms with Crippen LogP contribution in [0.3, 0.4) is 0 Å². The topological polar surface area (TPSA) is 44.0 Å². The third-order valence-corrected chi connectivity index (χ3v) is 4.24. The minimum Gasteiger partial charge on any atom is -0.392 e. The minimum absolute atomic E-state index is 0.108. The molecule has 0 radical (unpaired) electrons. The summed E-state index contributed by atoms with van der Waals surface area (Å²) >= 11 is 5.73. The van der Waals surface area contributed by atoms with Crippen LogP contribution >= 0.6 is 11.6 Å². The third kappa shape index (κ3) is 3.12. The molecule has 0 aromatic heterocycles. The summed E-state index contributed by atoms with van der Waals surface area (Å²) in [4.78, 5) is 0. The molecule has 92 valence electrons. The summed E-state index contributed by atoms with van der Waals surface area (Å²) in [5.41, 5.74) is 0.108. The summed E-state index contributed by atoms with van der Waals surface area (Å²) in [6.07, 6.45) is 4.46. The maximum atomic E-state index is 9.88. The van der Waals surface area contributed by atoms with Crippen molar-refractivity contribution < 1.29 is 5.11 Å². The van der Waals surface area contributed by atoms with E-state index in [4.69, 9.17) is 11.6 Å². The Morgan fingerprint density at radius 3 is 2.69 bits per heavy atom. The van der Waals surface area contributed by atoms with E-state index in [0.29, 0.717) is 11.8 Å². The van der Waals surface area contributed by atoms with Crippen LogP contribution in [0.15, 0.2) is 0 Å². The van der Waals surface area contributed by atoms with Gasteiger partial charge in [-0.25, -0.2) is 0 Å². The normalized spacial score (nSPS) is 31.1. The average Bonchev–Trinajstić information content (AvgIpc) is 2.26. The molecule has 3 heteroatoms. The van der Waals surface area contributed by atoms with Gasteiger partial charge < -0.3 is 5.11 Å². The van der Waals surface area contributed by atoms with Crippen LogP contribution in [0.25, 0.3) is 0 Å². The van der Waals surface area contributed by atoms with Crippen molar-refractivity contribution in [3.8, 4) is 6.07 Å². The van der Waals surface area contributed by atoms with E-state index in [1.807, 2.05) is 0 Å². The van der Waals surface area contributed by atoms with E-state index in [0.717, 1.165) is 32.1 Å². The average molecular weight is 244 g/mol. The van der Waals surface area contributed by atoms with Crippen molar-refractivity contribution in [3.05, 3.63) is 0 Å². The number of hydrogen-bond donors (Lipinski definition) is 1. The summed E-state index contributed by atoms with van der Waals surface area (Å²) in [7, 11) is 0. The van der Waals surface area contributed by atoms with E-state index >= 15 is 0 Å². The summed E-state index contributed by atoms with van der Waals surface area (Å²) < 4.78 is 0. The van der Waals surface area contributed by atoms with Crippen LogP contribution in [-0.2, 0) is 0 Å². The van der Waals surface area contributed by atoms with Gasteiger partial charge in [-0.2, -0.15) is 5.26 Å². The van der Waals surface area contributed by atoms with Crippen molar-refractivity contribution >= 4 is 11.6 Å². The number of aliphatic hydroxyl groups excluding tert-OH is 1. The zero-order valence-electron chi connectivity index (χ0n) is 10.2. The smallest absolute Gasteiger partial charge is 0.0755 e. The first-order valence-electron chi connectivity index (χ1n) is 6.16. The van der Waals surface area contributed by atoms with Gasteiger partial charge in [0.2, 0.25) is 0 Å². The molecule has 1 fully saturated rings. The Morgan fingerprint density at radius 2 is 2.12 bits per heavy atom. The standard InChI is InChI=1S/C13H22ClNO/c1-13(2,7-4-8-14)11-5-3-6-12(16)10(11)9-15/h10-12,16H,3-8H2,1-2H3/t10-,11-,12-/m1/s1. The van der Waals surface area contributed by atoms with Gasteiger partial charge in [0.15, 0.2) is 0 Å². The molecule has 0 unspecified atom stereocenters. The zero-order valence-corrected chi connectivity index (χ0v) is 11.0. The lowest BCUT2D eigenvalue weighted by molar-refractivity contribution is 0.00871. The van der Waals surface area contributed by atoms with Crippen molar-refractivity contribution in [2.45, 2.75) is 52.1 Å². The van der Waals surface area contributed by atoms with Crippen LogP contribution in [0.1, 0.15) is 46.0 Å². The molecular formula is C13H22ClNO. The largest absolute Gasteiger partial charge is 0.392 e. The Balaban J connectivity index is 2.72. The van der Waals surface area contributed by atoms with Gasteiger partial charge >= 0.3 is 0 Å². The van der Waals surface area contributed by atoms with Crippen LogP contribution < -0.4 is 0 Å².